The number of hydrogen-bond acceptors (Lipinski definition) is 3. The van der Waals surface area contributed by atoms with Crippen molar-refractivity contribution in [3.8, 4) is 0 Å². The first-order valence-electron chi connectivity index (χ1n) is 6.45. The molecule has 0 aliphatic carbocycles. The van der Waals surface area contributed by atoms with E-state index >= 15 is 0 Å². The van der Waals surface area contributed by atoms with Crippen LogP contribution in [-0.2, 0) is 12.8 Å². The molecule has 0 aliphatic heterocycles. The van der Waals surface area contributed by atoms with Crippen molar-refractivity contribution in [1.29, 1.82) is 0 Å². The van der Waals surface area contributed by atoms with Crippen LogP contribution in [0.15, 0.2) is 30.5 Å². The summed E-state index contributed by atoms with van der Waals surface area (Å²) in [5.74, 6) is 0.367. The van der Waals surface area contributed by atoms with Crippen molar-refractivity contribution in [1.82, 2.24) is 4.98 Å². The zero-order valence-corrected chi connectivity index (χ0v) is 11.8. The van der Waals surface area contributed by atoms with E-state index in [1.54, 1.807) is 11.3 Å². The minimum atomic E-state index is 0.367. The lowest BCUT2D eigenvalue weighted by atomic mass is 10.1. The van der Waals surface area contributed by atoms with Crippen molar-refractivity contribution in [2.24, 2.45) is 5.73 Å². The molecule has 18 heavy (non-hydrogen) atoms. The highest BCUT2D eigenvalue weighted by Crippen LogP contribution is 2.23. The molecule has 0 spiro atoms. The van der Waals surface area contributed by atoms with Gasteiger partial charge in [-0.25, -0.2) is 4.98 Å². The van der Waals surface area contributed by atoms with Gasteiger partial charge >= 0.3 is 0 Å². The van der Waals surface area contributed by atoms with Gasteiger partial charge in [0.15, 0.2) is 0 Å². The van der Waals surface area contributed by atoms with Gasteiger partial charge < -0.3 is 5.73 Å². The first-order chi connectivity index (χ1) is 8.72. The quantitative estimate of drug-likeness (QED) is 0.895. The largest absolute Gasteiger partial charge is 0.330 e. The monoisotopic (exact) mass is 260 g/mol. The molecule has 0 saturated carbocycles. The fraction of sp³-hybridized carbons (Fsp3) is 0.400. The summed E-state index contributed by atoms with van der Waals surface area (Å²) >= 11 is 1.78. The molecule has 0 bridgehead atoms. The smallest absolute Gasteiger partial charge is 0.0968 e. The van der Waals surface area contributed by atoms with Crippen molar-refractivity contribution >= 4 is 11.3 Å². The standard InChI is InChI=1S/C15H20N2S/c1-3-12-4-6-13(7-5-12)8-14-10-17-15(18-14)11(2)9-16/h4-7,10-11H,3,8-9,16H2,1-2H3. The third kappa shape index (κ3) is 3.18. The second-order valence-electron chi connectivity index (χ2n) is 4.65. The Morgan fingerprint density at radius 2 is 1.89 bits per heavy atom. The van der Waals surface area contributed by atoms with Crippen molar-refractivity contribution in [2.75, 3.05) is 6.54 Å². The van der Waals surface area contributed by atoms with E-state index in [1.807, 2.05) is 6.20 Å². The predicted octanol–water partition coefficient (Wildman–Crippen LogP) is 3.36. The lowest BCUT2D eigenvalue weighted by Crippen LogP contribution is -2.08. The van der Waals surface area contributed by atoms with Crippen LogP contribution in [0, 0.1) is 0 Å². The predicted molar refractivity (Wildman–Crippen MR) is 78.2 cm³/mol. The van der Waals surface area contributed by atoms with Gasteiger partial charge in [-0.15, -0.1) is 11.3 Å². The van der Waals surface area contributed by atoms with E-state index < -0.39 is 0 Å². The van der Waals surface area contributed by atoms with Crippen LogP contribution in [0.4, 0.5) is 0 Å². The van der Waals surface area contributed by atoms with Gasteiger partial charge in [-0.3, -0.25) is 0 Å². The molecular weight excluding hydrogens is 240 g/mol. The molecule has 1 heterocycles. The summed E-state index contributed by atoms with van der Waals surface area (Å²) < 4.78 is 0. The molecule has 3 heteroatoms. The van der Waals surface area contributed by atoms with Crippen LogP contribution in [-0.4, -0.2) is 11.5 Å². The van der Waals surface area contributed by atoms with Gasteiger partial charge in [0, 0.05) is 30.0 Å². The van der Waals surface area contributed by atoms with Gasteiger partial charge in [-0.2, -0.15) is 0 Å². The van der Waals surface area contributed by atoms with Crippen LogP contribution in [0.1, 0.15) is 40.8 Å². The van der Waals surface area contributed by atoms with E-state index in [9.17, 15) is 0 Å². The van der Waals surface area contributed by atoms with Gasteiger partial charge in [0.1, 0.15) is 0 Å². The summed E-state index contributed by atoms with van der Waals surface area (Å²) in [6, 6.07) is 8.84. The molecule has 1 aromatic carbocycles. The number of benzene rings is 1. The normalized spacial score (nSPS) is 12.6. The van der Waals surface area contributed by atoms with E-state index in [1.165, 1.54) is 16.0 Å². The Morgan fingerprint density at radius 1 is 1.22 bits per heavy atom. The maximum Gasteiger partial charge on any atom is 0.0968 e. The first-order valence-corrected chi connectivity index (χ1v) is 7.27. The number of aromatic nitrogens is 1. The van der Waals surface area contributed by atoms with Gasteiger partial charge in [0.2, 0.25) is 0 Å². The average molecular weight is 260 g/mol. The highest BCUT2D eigenvalue weighted by atomic mass is 32.1. The fourth-order valence-electron chi connectivity index (χ4n) is 1.83. The van der Waals surface area contributed by atoms with E-state index in [0.717, 1.165) is 17.8 Å². The summed E-state index contributed by atoms with van der Waals surface area (Å²) in [5.41, 5.74) is 8.40. The molecule has 2 aromatic rings. The number of aryl methyl sites for hydroxylation is 1. The SMILES string of the molecule is CCc1ccc(Cc2cnc(C(C)CN)s2)cc1. The highest BCUT2D eigenvalue weighted by Gasteiger charge is 2.09. The zero-order chi connectivity index (χ0) is 13.0. The second-order valence-corrected chi connectivity index (χ2v) is 5.80. The van der Waals surface area contributed by atoms with E-state index in [4.69, 9.17) is 5.73 Å². The van der Waals surface area contributed by atoms with Crippen LogP contribution < -0.4 is 5.73 Å². The van der Waals surface area contributed by atoms with Crippen LogP contribution in [0.25, 0.3) is 0 Å². The summed E-state index contributed by atoms with van der Waals surface area (Å²) in [4.78, 5) is 5.77. The first kappa shape index (κ1) is 13.2. The molecule has 1 atom stereocenters. The van der Waals surface area contributed by atoms with Gasteiger partial charge in [-0.1, -0.05) is 38.1 Å². The molecule has 1 unspecified atom stereocenters. The summed E-state index contributed by atoms with van der Waals surface area (Å²) in [5, 5.41) is 1.15. The van der Waals surface area contributed by atoms with Gasteiger partial charge in [-0.05, 0) is 17.5 Å². The molecule has 96 valence electrons. The Labute approximate surface area is 113 Å². The topological polar surface area (TPSA) is 38.9 Å². The van der Waals surface area contributed by atoms with Crippen LogP contribution in [0.3, 0.4) is 0 Å². The summed E-state index contributed by atoms with van der Waals surface area (Å²) in [6.45, 7) is 4.97. The minimum absolute atomic E-state index is 0.367. The second kappa shape index (κ2) is 6.12. The number of nitrogens with two attached hydrogens (primary N) is 1. The van der Waals surface area contributed by atoms with Gasteiger partial charge in [0.25, 0.3) is 0 Å². The summed E-state index contributed by atoms with van der Waals surface area (Å²) in [6.07, 6.45) is 4.05. The van der Waals surface area contributed by atoms with Crippen LogP contribution >= 0.6 is 11.3 Å². The maximum absolute atomic E-state index is 5.66. The van der Waals surface area contributed by atoms with Crippen molar-refractivity contribution in [3.05, 3.63) is 51.5 Å². The van der Waals surface area contributed by atoms with Crippen molar-refractivity contribution in [2.45, 2.75) is 32.6 Å². The Hall–Kier alpha value is -1.19. The molecule has 2 rings (SSSR count). The van der Waals surface area contributed by atoms with Crippen LogP contribution in [0.5, 0.6) is 0 Å². The van der Waals surface area contributed by atoms with Crippen molar-refractivity contribution < 1.29 is 0 Å². The van der Waals surface area contributed by atoms with Gasteiger partial charge in [0.05, 0.1) is 5.01 Å². The maximum atomic E-state index is 5.66. The molecule has 0 amide bonds. The third-order valence-corrected chi connectivity index (χ3v) is 4.38. The third-order valence-electron chi connectivity index (χ3n) is 3.16. The lowest BCUT2D eigenvalue weighted by Gasteiger charge is -2.02. The Balaban J connectivity index is 2.06. The molecule has 1 aromatic heterocycles. The Kier molecular flexibility index (Phi) is 4.50. The van der Waals surface area contributed by atoms with E-state index in [0.29, 0.717) is 12.5 Å². The average Bonchev–Trinajstić information content (AvgIpc) is 2.87. The van der Waals surface area contributed by atoms with E-state index in [2.05, 4.69) is 43.1 Å². The molecule has 2 N–H and O–H groups in total. The van der Waals surface area contributed by atoms with Crippen molar-refractivity contribution in [3.63, 3.8) is 0 Å². The fourth-order valence-corrected chi connectivity index (χ4v) is 2.84. The molecule has 0 saturated heterocycles. The Bertz CT molecular complexity index is 487. The zero-order valence-electron chi connectivity index (χ0n) is 11.0. The number of nitrogens with zero attached hydrogens (tertiary/aromatic N) is 1. The number of hydrogen-bond donors (Lipinski definition) is 1. The summed E-state index contributed by atoms with van der Waals surface area (Å²) in [7, 11) is 0. The molecule has 0 radical (unpaired) electrons. The molecule has 2 nitrogen and oxygen atoms in total. The van der Waals surface area contributed by atoms with Crippen LogP contribution in [0.2, 0.25) is 0 Å². The lowest BCUT2D eigenvalue weighted by molar-refractivity contribution is 0.766. The number of thiazole rings is 1. The molecular formula is C15H20N2S. The van der Waals surface area contributed by atoms with E-state index in [-0.39, 0.29) is 0 Å². The Morgan fingerprint density at radius 3 is 2.50 bits per heavy atom. The molecule has 0 fully saturated rings. The minimum Gasteiger partial charge on any atom is -0.330 e. The number of rotatable bonds is 5. The highest BCUT2D eigenvalue weighted by molar-refractivity contribution is 7.11. The molecule has 0 aliphatic rings.